The summed E-state index contributed by atoms with van der Waals surface area (Å²) < 4.78 is 30.0. The summed E-state index contributed by atoms with van der Waals surface area (Å²) in [5, 5.41) is 4.85. The number of fused-ring (bicyclic) bond motifs is 1. The smallest absolute Gasteiger partial charge is 0.387 e. The zero-order valence-corrected chi connectivity index (χ0v) is 15.7. The minimum Gasteiger partial charge on any atom is -0.431 e. The number of anilines is 1. The Labute approximate surface area is 162 Å². The third-order valence-electron chi connectivity index (χ3n) is 3.72. The van der Waals surface area contributed by atoms with E-state index in [2.05, 4.69) is 26.0 Å². The van der Waals surface area contributed by atoms with E-state index in [0.29, 0.717) is 0 Å². The summed E-state index contributed by atoms with van der Waals surface area (Å²) in [7, 11) is 0. The summed E-state index contributed by atoms with van der Waals surface area (Å²) >= 11 is 9.08. The highest BCUT2D eigenvalue weighted by Gasteiger charge is 2.17. The maximum Gasteiger partial charge on any atom is 0.387 e. The van der Waals surface area contributed by atoms with Crippen LogP contribution in [0.1, 0.15) is 5.56 Å². The molecule has 3 aromatic rings. The van der Waals surface area contributed by atoms with Gasteiger partial charge in [0, 0.05) is 5.02 Å². The minimum atomic E-state index is -3.03. The summed E-state index contributed by atoms with van der Waals surface area (Å²) in [6.45, 7) is -3.03. The van der Waals surface area contributed by atoms with Crippen molar-refractivity contribution in [3.05, 3.63) is 69.7 Å². The van der Waals surface area contributed by atoms with Crippen LogP contribution in [0.5, 0.6) is 5.75 Å². The molecule has 0 fully saturated rings. The molecule has 3 rings (SSSR count). The molecule has 7 heteroatoms. The number of alkyl halides is 2. The van der Waals surface area contributed by atoms with Crippen molar-refractivity contribution in [2.75, 3.05) is 5.32 Å². The highest BCUT2D eigenvalue weighted by Crippen LogP contribution is 2.37. The van der Waals surface area contributed by atoms with Gasteiger partial charge in [-0.1, -0.05) is 54.1 Å². The number of hydrogen-bond donors (Lipinski definition) is 1. The second kappa shape index (κ2) is 8.01. The van der Waals surface area contributed by atoms with Crippen LogP contribution in [0.3, 0.4) is 0 Å². The topological polar surface area (TPSA) is 38.3 Å². The number of carbonyl (C=O) groups is 1. The lowest BCUT2D eigenvalue weighted by atomic mass is 10.0. The van der Waals surface area contributed by atoms with Crippen molar-refractivity contribution in [2.24, 2.45) is 0 Å². The number of hydrogen-bond acceptors (Lipinski definition) is 2. The summed E-state index contributed by atoms with van der Waals surface area (Å²) in [6, 6.07) is 16.2. The highest BCUT2D eigenvalue weighted by atomic mass is 79.9. The van der Waals surface area contributed by atoms with Crippen LogP contribution in [0.25, 0.3) is 10.8 Å². The van der Waals surface area contributed by atoms with Crippen molar-refractivity contribution < 1.29 is 18.3 Å². The molecule has 1 amide bonds. The molecular formula is C19H13BrClF2NO2. The van der Waals surface area contributed by atoms with Gasteiger partial charge in [-0.3, -0.25) is 4.79 Å². The van der Waals surface area contributed by atoms with Crippen molar-refractivity contribution in [3.63, 3.8) is 0 Å². The monoisotopic (exact) mass is 439 g/mol. The molecule has 0 spiro atoms. The molecule has 0 unspecified atom stereocenters. The molecule has 26 heavy (non-hydrogen) atoms. The average molecular weight is 441 g/mol. The van der Waals surface area contributed by atoms with Gasteiger partial charge >= 0.3 is 6.61 Å². The molecule has 0 heterocycles. The maximum atomic E-state index is 12.7. The van der Waals surface area contributed by atoms with E-state index in [9.17, 15) is 13.6 Å². The first-order valence-electron chi connectivity index (χ1n) is 7.64. The van der Waals surface area contributed by atoms with Gasteiger partial charge in [0.25, 0.3) is 0 Å². The van der Waals surface area contributed by atoms with Crippen molar-refractivity contribution in [3.8, 4) is 5.75 Å². The van der Waals surface area contributed by atoms with Gasteiger partial charge in [0.2, 0.25) is 5.91 Å². The Morgan fingerprint density at radius 2 is 1.88 bits per heavy atom. The van der Waals surface area contributed by atoms with Crippen molar-refractivity contribution in [1.82, 2.24) is 0 Å². The predicted molar refractivity (Wildman–Crippen MR) is 102 cm³/mol. The van der Waals surface area contributed by atoms with E-state index in [1.807, 2.05) is 42.5 Å². The highest BCUT2D eigenvalue weighted by molar-refractivity contribution is 9.10. The third kappa shape index (κ3) is 4.31. The number of carbonyl (C=O) groups excluding carboxylic acids is 1. The Bertz CT molecular complexity index is 960. The Balaban J connectivity index is 1.86. The average Bonchev–Trinajstić information content (AvgIpc) is 2.58. The summed E-state index contributed by atoms with van der Waals surface area (Å²) in [6.07, 6.45) is 0.0829. The van der Waals surface area contributed by atoms with Gasteiger partial charge in [-0.05, 0) is 44.4 Å². The molecule has 3 aromatic carbocycles. The minimum absolute atomic E-state index is 0.0786. The van der Waals surface area contributed by atoms with Crippen LogP contribution < -0.4 is 10.1 Å². The van der Waals surface area contributed by atoms with E-state index >= 15 is 0 Å². The van der Waals surface area contributed by atoms with Crippen molar-refractivity contribution in [1.29, 1.82) is 0 Å². The first kappa shape index (κ1) is 18.6. The molecule has 0 aliphatic carbocycles. The summed E-state index contributed by atoms with van der Waals surface area (Å²) in [5.41, 5.74) is 0.910. The lowest BCUT2D eigenvalue weighted by Crippen LogP contribution is -2.16. The van der Waals surface area contributed by atoms with Crippen LogP contribution in [0, 0.1) is 0 Å². The molecule has 0 radical (unpaired) electrons. The predicted octanol–water partition coefficient (Wildman–Crippen LogP) is 6.04. The largest absolute Gasteiger partial charge is 0.431 e. The van der Waals surface area contributed by atoms with Crippen molar-refractivity contribution >= 4 is 49.9 Å². The maximum absolute atomic E-state index is 12.7. The SMILES string of the molecule is O=C(Cc1cccc2ccccc12)Nc1cc(Cl)cc(Br)c1OC(F)F. The van der Waals surface area contributed by atoms with Gasteiger partial charge in [-0.15, -0.1) is 0 Å². The Morgan fingerprint density at radius 3 is 2.65 bits per heavy atom. The number of ether oxygens (including phenoxy) is 1. The van der Waals surface area contributed by atoms with Gasteiger partial charge in [-0.2, -0.15) is 8.78 Å². The molecule has 0 atom stereocenters. The molecule has 0 aliphatic rings. The van der Waals surface area contributed by atoms with E-state index in [0.717, 1.165) is 16.3 Å². The van der Waals surface area contributed by atoms with E-state index in [-0.39, 0.29) is 33.3 Å². The Kier molecular flexibility index (Phi) is 5.74. The van der Waals surface area contributed by atoms with E-state index in [4.69, 9.17) is 11.6 Å². The lowest BCUT2D eigenvalue weighted by molar-refractivity contribution is -0.115. The first-order chi connectivity index (χ1) is 12.4. The third-order valence-corrected chi connectivity index (χ3v) is 4.53. The standard InChI is InChI=1S/C19H13BrClF2NO2/c20-15-9-13(21)10-16(18(15)26-19(22)23)24-17(25)8-12-6-3-5-11-4-1-2-7-14(11)12/h1-7,9-10,19H,8H2,(H,24,25). The molecule has 3 nitrogen and oxygen atoms in total. The Hall–Kier alpha value is -2.18. The van der Waals surface area contributed by atoms with Gasteiger partial charge in [0.15, 0.2) is 5.75 Å². The first-order valence-corrected chi connectivity index (χ1v) is 8.81. The molecule has 0 aliphatic heterocycles. The van der Waals surface area contributed by atoms with Crippen LogP contribution in [0.15, 0.2) is 59.1 Å². The van der Waals surface area contributed by atoms with Crippen LogP contribution in [0.2, 0.25) is 5.02 Å². The number of nitrogens with one attached hydrogen (secondary N) is 1. The van der Waals surface area contributed by atoms with Gasteiger partial charge in [0.1, 0.15) is 0 Å². The van der Waals surface area contributed by atoms with E-state index in [1.165, 1.54) is 12.1 Å². The molecule has 0 aromatic heterocycles. The second-order valence-electron chi connectivity index (χ2n) is 5.51. The van der Waals surface area contributed by atoms with Gasteiger partial charge in [-0.25, -0.2) is 0 Å². The quantitative estimate of drug-likeness (QED) is 0.525. The van der Waals surface area contributed by atoms with Crippen LogP contribution >= 0.6 is 27.5 Å². The van der Waals surface area contributed by atoms with Crippen molar-refractivity contribution in [2.45, 2.75) is 13.0 Å². The van der Waals surface area contributed by atoms with Crippen LogP contribution in [0.4, 0.5) is 14.5 Å². The molecule has 1 N–H and O–H groups in total. The molecular weight excluding hydrogens is 428 g/mol. The van der Waals surface area contributed by atoms with E-state index < -0.39 is 6.61 Å². The normalized spacial score (nSPS) is 11.0. The number of rotatable bonds is 5. The number of benzene rings is 3. The van der Waals surface area contributed by atoms with Crippen LogP contribution in [-0.4, -0.2) is 12.5 Å². The summed E-state index contributed by atoms with van der Waals surface area (Å²) in [5.74, 6) is -0.537. The molecule has 0 bridgehead atoms. The van der Waals surface area contributed by atoms with Gasteiger partial charge < -0.3 is 10.1 Å². The summed E-state index contributed by atoms with van der Waals surface area (Å²) in [4.78, 5) is 12.5. The molecule has 0 saturated heterocycles. The zero-order chi connectivity index (χ0) is 18.7. The zero-order valence-electron chi connectivity index (χ0n) is 13.3. The fraction of sp³-hybridized carbons (Fsp3) is 0.105. The fourth-order valence-electron chi connectivity index (χ4n) is 2.68. The van der Waals surface area contributed by atoms with Gasteiger partial charge in [0.05, 0.1) is 16.6 Å². The fourth-order valence-corrected chi connectivity index (χ4v) is 3.58. The second-order valence-corrected chi connectivity index (χ2v) is 6.80. The lowest BCUT2D eigenvalue weighted by Gasteiger charge is -2.14. The Morgan fingerprint density at radius 1 is 1.15 bits per heavy atom. The molecule has 134 valence electrons. The van der Waals surface area contributed by atoms with E-state index in [1.54, 1.807) is 0 Å². The number of halogens is 4. The van der Waals surface area contributed by atoms with Crippen LogP contribution in [-0.2, 0) is 11.2 Å². The molecule has 0 saturated carbocycles. The number of amides is 1.